The van der Waals surface area contributed by atoms with E-state index >= 15 is 0 Å². The van der Waals surface area contributed by atoms with Crippen LogP contribution in [0.2, 0.25) is 0 Å². The van der Waals surface area contributed by atoms with Crippen LogP contribution in [-0.2, 0) is 35.1 Å². The van der Waals surface area contributed by atoms with Gasteiger partial charge in [-0.05, 0) is 69.1 Å². The molecule has 0 saturated carbocycles. The SMILES string of the molecule is CC1=C(c2cc(-c3[c-]c4ccccc4c(C(C)(C)C)c3)nc3sc(C)c(C)c23)OC2C=CC=CC12.CCC(C)(CC)C(=O)/C=C(\O)C(C)(CC)CC.[Ir]. The number of allylic oxidation sites excluding steroid dienone is 4. The van der Waals surface area contributed by atoms with Crippen molar-refractivity contribution in [3.63, 3.8) is 0 Å². The number of rotatable bonds is 9. The third-order valence-corrected chi connectivity index (χ3v) is 13.1. The summed E-state index contributed by atoms with van der Waals surface area (Å²) < 4.78 is 6.58. The number of benzene rings is 2. The van der Waals surface area contributed by atoms with Gasteiger partial charge < -0.3 is 9.84 Å². The van der Waals surface area contributed by atoms with Crippen LogP contribution in [0.15, 0.2) is 78.1 Å². The first kappa shape index (κ1) is 42.4. The summed E-state index contributed by atoms with van der Waals surface area (Å²) in [5, 5.41) is 13.7. The molecule has 1 radical (unpaired) electrons. The molecule has 3 heterocycles. The van der Waals surface area contributed by atoms with Crippen LogP contribution in [-0.4, -0.2) is 22.0 Å². The molecule has 53 heavy (non-hydrogen) atoms. The van der Waals surface area contributed by atoms with E-state index in [2.05, 4.69) is 108 Å². The number of aliphatic hydroxyl groups is 1. The first-order valence-electron chi connectivity index (χ1n) is 19.1. The van der Waals surface area contributed by atoms with Crippen LogP contribution in [0.25, 0.3) is 38.0 Å². The second-order valence-electron chi connectivity index (χ2n) is 16.2. The number of hydrogen-bond donors (Lipinski definition) is 1. The minimum absolute atomic E-state index is 0. The third kappa shape index (κ3) is 8.36. The van der Waals surface area contributed by atoms with Crippen molar-refractivity contribution in [2.75, 3.05) is 0 Å². The molecule has 0 saturated heterocycles. The summed E-state index contributed by atoms with van der Waals surface area (Å²) in [5.74, 6) is 1.58. The van der Waals surface area contributed by atoms with Crippen LogP contribution < -0.4 is 0 Å². The zero-order valence-corrected chi connectivity index (χ0v) is 37.0. The zero-order valence-electron chi connectivity index (χ0n) is 33.8. The van der Waals surface area contributed by atoms with Crippen molar-refractivity contribution >= 4 is 43.9 Å². The maximum Gasteiger partial charge on any atom is 0.164 e. The van der Waals surface area contributed by atoms with Crippen molar-refractivity contribution < 1.29 is 34.7 Å². The molecule has 0 amide bonds. The van der Waals surface area contributed by atoms with E-state index in [1.807, 2.05) is 41.5 Å². The number of aromatic nitrogens is 1. The Balaban J connectivity index is 0.000000299. The van der Waals surface area contributed by atoms with Gasteiger partial charge in [0, 0.05) is 64.5 Å². The molecule has 4 aromatic rings. The number of pyridine rings is 1. The van der Waals surface area contributed by atoms with Crippen molar-refractivity contribution in [1.82, 2.24) is 4.98 Å². The zero-order chi connectivity index (χ0) is 38.2. The van der Waals surface area contributed by atoms with Crippen LogP contribution in [0.4, 0.5) is 0 Å². The topological polar surface area (TPSA) is 59.4 Å². The molecule has 2 atom stereocenters. The minimum Gasteiger partial charge on any atom is -0.512 e. The van der Waals surface area contributed by atoms with E-state index in [-0.39, 0.29) is 54.0 Å². The number of hydrogen-bond acceptors (Lipinski definition) is 5. The molecule has 0 bridgehead atoms. The first-order valence-corrected chi connectivity index (χ1v) is 19.9. The number of ketones is 1. The van der Waals surface area contributed by atoms with Gasteiger partial charge in [0.05, 0.1) is 0 Å². The van der Waals surface area contributed by atoms with Crippen LogP contribution in [0.1, 0.15) is 116 Å². The largest absolute Gasteiger partial charge is 0.512 e. The third-order valence-electron chi connectivity index (χ3n) is 12.0. The number of aliphatic hydroxyl groups excluding tert-OH is 1. The van der Waals surface area contributed by atoms with Gasteiger partial charge in [0.15, 0.2) is 5.78 Å². The number of carbonyl (C=O) groups excluding carboxylic acids is 1. The van der Waals surface area contributed by atoms with Crippen LogP contribution in [0.3, 0.4) is 0 Å². The maximum absolute atomic E-state index is 12.2. The van der Waals surface area contributed by atoms with Crippen molar-refractivity contribution in [2.45, 2.75) is 120 Å². The Bertz CT molecular complexity index is 2100. The van der Waals surface area contributed by atoms with Crippen molar-refractivity contribution in [3.05, 3.63) is 106 Å². The van der Waals surface area contributed by atoms with E-state index in [1.165, 1.54) is 38.4 Å². The summed E-state index contributed by atoms with van der Waals surface area (Å²) in [7, 11) is 0. The molecule has 0 fully saturated rings. The molecule has 1 N–H and O–H groups in total. The van der Waals surface area contributed by atoms with E-state index in [1.54, 1.807) is 11.3 Å². The second-order valence-corrected chi connectivity index (χ2v) is 17.4. The smallest absolute Gasteiger partial charge is 0.164 e. The fourth-order valence-corrected chi connectivity index (χ4v) is 8.15. The summed E-state index contributed by atoms with van der Waals surface area (Å²) in [6.45, 7) is 25.5. The monoisotopic (exact) mass is 909 g/mol. The fourth-order valence-electron chi connectivity index (χ4n) is 7.09. The Labute approximate surface area is 335 Å². The van der Waals surface area contributed by atoms with E-state index in [9.17, 15) is 9.90 Å². The molecule has 2 unspecified atom stereocenters. The van der Waals surface area contributed by atoms with Crippen LogP contribution in [0, 0.1) is 36.7 Å². The Kier molecular flexibility index (Phi) is 13.3. The normalized spacial score (nSPS) is 17.4. The van der Waals surface area contributed by atoms with Gasteiger partial charge in [0.1, 0.15) is 22.5 Å². The van der Waals surface area contributed by atoms with Gasteiger partial charge >= 0.3 is 0 Å². The molecule has 1 aliphatic carbocycles. The maximum atomic E-state index is 12.2. The Morgan fingerprint density at radius 1 is 0.925 bits per heavy atom. The quantitative estimate of drug-likeness (QED) is 0.103. The molecule has 1 aliphatic heterocycles. The Morgan fingerprint density at radius 2 is 1.55 bits per heavy atom. The molecule has 6 heteroatoms. The van der Waals surface area contributed by atoms with E-state index in [0.29, 0.717) is 5.92 Å². The van der Waals surface area contributed by atoms with Gasteiger partial charge in [-0.1, -0.05) is 116 Å². The van der Waals surface area contributed by atoms with E-state index < -0.39 is 0 Å². The van der Waals surface area contributed by atoms with Gasteiger partial charge in [-0.25, -0.2) is 0 Å². The summed E-state index contributed by atoms with van der Waals surface area (Å²) in [4.78, 5) is 19.7. The summed E-state index contributed by atoms with van der Waals surface area (Å²) in [6.07, 6.45) is 13.5. The Hall–Kier alpha value is -3.31. The number of thiophene rings is 1. The fraction of sp³-hybridized carbons (Fsp3) is 0.447. The molecule has 2 aromatic heterocycles. The minimum atomic E-state index is -0.337. The Morgan fingerprint density at radius 3 is 2.15 bits per heavy atom. The molecule has 2 aliphatic rings. The molecule has 4 nitrogen and oxygen atoms in total. The average Bonchev–Trinajstić information content (AvgIpc) is 3.63. The molecular weight excluding hydrogens is 851 g/mol. The number of ether oxygens (including phenoxy) is 1. The van der Waals surface area contributed by atoms with Gasteiger partial charge in [-0.3, -0.25) is 9.78 Å². The standard InChI is InChI=1S/C32H30NOS.C15H28O2.Ir/c1-18-20(3)35-31-29(18)25(30-19(2)23-12-9-10-14-28(23)34-30)17-27(33-31)22-15-21-11-7-8-13-24(21)26(16-22)32(4,5)6;1-7-14(5,8-2)12(16)11-13(17)15(6,9-3)10-4;/h7-14,16-17,23,28H,1-6H3;11,16H,7-10H2,1-6H3;/q-1;;/b;12-11-;. The number of aryl methyl sites for hydroxylation is 2. The van der Waals surface area contributed by atoms with Crippen molar-refractivity contribution in [1.29, 1.82) is 0 Å². The molecule has 2 aromatic carbocycles. The predicted molar refractivity (Wildman–Crippen MR) is 222 cm³/mol. The molecule has 6 rings (SSSR count). The van der Waals surface area contributed by atoms with Gasteiger partial charge in [0.2, 0.25) is 0 Å². The molecule has 285 valence electrons. The van der Waals surface area contributed by atoms with Gasteiger partial charge in [-0.2, -0.15) is 0 Å². The summed E-state index contributed by atoms with van der Waals surface area (Å²) >= 11 is 1.77. The van der Waals surface area contributed by atoms with E-state index in [4.69, 9.17) is 9.72 Å². The summed E-state index contributed by atoms with van der Waals surface area (Å²) in [5.41, 5.74) is 6.45. The second kappa shape index (κ2) is 16.6. The van der Waals surface area contributed by atoms with Crippen LogP contribution in [0.5, 0.6) is 0 Å². The number of carbonyl (C=O) groups is 1. The van der Waals surface area contributed by atoms with Gasteiger partial charge in [0.25, 0.3) is 0 Å². The van der Waals surface area contributed by atoms with Crippen molar-refractivity contribution in [3.8, 4) is 11.3 Å². The molecule has 0 spiro atoms. The first-order chi connectivity index (χ1) is 24.5. The number of fused-ring (bicyclic) bond motifs is 3. The van der Waals surface area contributed by atoms with E-state index in [0.717, 1.165) is 58.5 Å². The predicted octanol–water partition coefficient (Wildman–Crippen LogP) is 13.4. The summed E-state index contributed by atoms with van der Waals surface area (Å²) in [6, 6.07) is 16.8. The average molecular weight is 909 g/mol. The molecular formula is C47H58IrNO3S-. The van der Waals surface area contributed by atoms with Gasteiger partial charge in [-0.15, -0.1) is 40.5 Å². The number of nitrogens with zero attached hydrogens (tertiary/aromatic N) is 1. The van der Waals surface area contributed by atoms with Crippen LogP contribution >= 0.6 is 11.3 Å². The van der Waals surface area contributed by atoms with Crippen molar-refractivity contribution in [2.24, 2.45) is 16.7 Å².